The van der Waals surface area contributed by atoms with E-state index in [4.69, 9.17) is 21.4 Å². The van der Waals surface area contributed by atoms with Gasteiger partial charge in [0.25, 0.3) is 0 Å². The van der Waals surface area contributed by atoms with Crippen molar-refractivity contribution in [1.29, 1.82) is 0 Å². The lowest BCUT2D eigenvalue weighted by atomic mass is 10.2. The summed E-state index contributed by atoms with van der Waals surface area (Å²) >= 11 is 7.47. The molecule has 0 unspecified atom stereocenters. The lowest BCUT2D eigenvalue weighted by Gasteiger charge is -2.23. The lowest BCUT2D eigenvalue weighted by molar-refractivity contribution is 0.206. The van der Waals surface area contributed by atoms with E-state index in [9.17, 15) is 4.79 Å². The molecule has 4 rings (SSSR count). The van der Waals surface area contributed by atoms with Gasteiger partial charge in [0, 0.05) is 28.7 Å². The maximum atomic E-state index is 12.8. The van der Waals surface area contributed by atoms with Crippen LogP contribution in [0.25, 0.3) is 0 Å². The second kappa shape index (κ2) is 9.47. The fourth-order valence-corrected chi connectivity index (χ4v) is 3.92. The molecular weight excluding hydrogens is 422 g/mol. The lowest BCUT2D eigenvalue weighted by Crippen LogP contribution is -2.36. The molecule has 2 amide bonds. The summed E-state index contributed by atoms with van der Waals surface area (Å²) in [7, 11) is 0. The molecule has 2 N–H and O–H groups in total. The van der Waals surface area contributed by atoms with Gasteiger partial charge in [-0.1, -0.05) is 29.8 Å². The van der Waals surface area contributed by atoms with E-state index in [2.05, 4.69) is 10.3 Å². The average molecular weight is 444 g/mol. The minimum Gasteiger partial charge on any atom is -0.486 e. The van der Waals surface area contributed by atoms with E-state index in [-0.39, 0.29) is 18.7 Å². The molecular formula is C22H22ClN3O3S. The smallest absolute Gasteiger partial charge is 0.322 e. The summed E-state index contributed by atoms with van der Waals surface area (Å²) in [5.41, 5.74) is 2.38. The third-order valence-electron chi connectivity index (χ3n) is 4.72. The predicted octanol–water partition coefficient (Wildman–Crippen LogP) is 5.06. The van der Waals surface area contributed by atoms with Gasteiger partial charge < -0.3 is 20.1 Å². The van der Waals surface area contributed by atoms with Gasteiger partial charge in [-0.15, -0.1) is 11.3 Å². The third-order valence-corrected chi connectivity index (χ3v) is 5.83. The first-order valence-corrected chi connectivity index (χ1v) is 11.0. The number of urea groups is 1. The molecule has 3 aromatic rings. The fourth-order valence-electron chi connectivity index (χ4n) is 3.04. The van der Waals surface area contributed by atoms with Crippen molar-refractivity contribution in [3.05, 3.63) is 75.2 Å². The number of anilines is 1. The molecule has 1 saturated carbocycles. The Balaban J connectivity index is 1.35. The Morgan fingerprint density at radius 1 is 1.27 bits per heavy atom. The van der Waals surface area contributed by atoms with Crippen molar-refractivity contribution in [2.45, 2.75) is 38.6 Å². The zero-order valence-electron chi connectivity index (χ0n) is 16.3. The van der Waals surface area contributed by atoms with E-state index in [1.165, 1.54) is 11.3 Å². The highest BCUT2D eigenvalue weighted by molar-refractivity contribution is 7.09. The van der Waals surface area contributed by atoms with Gasteiger partial charge in [-0.2, -0.15) is 0 Å². The number of carbonyl (C=O) groups excluding carboxylic acids is 1. The van der Waals surface area contributed by atoms with Crippen molar-refractivity contribution in [3.63, 3.8) is 0 Å². The first kappa shape index (κ1) is 20.7. The van der Waals surface area contributed by atoms with Crippen LogP contribution in [0.2, 0.25) is 5.02 Å². The van der Waals surface area contributed by atoms with E-state index in [0.29, 0.717) is 29.6 Å². The molecule has 1 aliphatic carbocycles. The van der Waals surface area contributed by atoms with Gasteiger partial charge in [-0.25, -0.2) is 9.78 Å². The zero-order chi connectivity index (χ0) is 20.9. The normalized spacial score (nSPS) is 13.1. The Morgan fingerprint density at radius 3 is 2.73 bits per heavy atom. The highest BCUT2D eigenvalue weighted by atomic mass is 35.5. The second-order valence-corrected chi connectivity index (χ2v) is 8.50. The van der Waals surface area contributed by atoms with Gasteiger partial charge in [0.1, 0.15) is 17.4 Å². The number of hydrogen-bond acceptors (Lipinski definition) is 5. The Labute approximate surface area is 184 Å². The number of aliphatic hydroxyl groups is 1. The maximum Gasteiger partial charge on any atom is 0.322 e. The van der Waals surface area contributed by atoms with Crippen molar-refractivity contribution in [1.82, 2.24) is 9.88 Å². The highest BCUT2D eigenvalue weighted by Crippen LogP contribution is 2.29. The van der Waals surface area contributed by atoms with Gasteiger partial charge in [0.2, 0.25) is 0 Å². The van der Waals surface area contributed by atoms with Gasteiger partial charge in [0.15, 0.2) is 0 Å². The number of halogens is 1. The number of carbonyl (C=O) groups is 1. The van der Waals surface area contributed by atoms with Gasteiger partial charge in [-0.05, 0) is 48.7 Å². The monoisotopic (exact) mass is 443 g/mol. The molecule has 0 radical (unpaired) electrons. The number of amides is 2. The van der Waals surface area contributed by atoms with Crippen LogP contribution in [-0.4, -0.2) is 27.1 Å². The van der Waals surface area contributed by atoms with E-state index in [1.807, 2.05) is 46.7 Å². The topological polar surface area (TPSA) is 74.7 Å². The molecule has 1 fully saturated rings. The van der Waals surface area contributed by atoms with Crippen LogP contribution in [0.1, 0.15) is 29.1 Å². The summed E-state index contributed by atoms with van der Waals surface area (Å²) in [5.74, 6) is 0.737. The molecule has 1 aromatic heterocycles. The van der Waals surface area contributed by atoms with E-state index in [0.717, 1.165) is 29.2 Å². The summed E-state index contributed by atoms with van der Waals surface area (Å²) in [4.78, 5) is 18.9. The van der Waals surface area contributed by atoms with Crippen LogP contribution in [0, 0.1) is 0 Å². The highest BCUT2D eigenvalue weighted by Gasteiger charge is 2.32. The predicted molar refractivity (Wildman–Crippen MR) is 118 cm³/mol. The first-order chi connectivity index (χ1) is 14.6. The quantitative estimate of drug-likeness (QED) is 0.510. The molecule has 0 aliphatic heterocycles. The average Bonchev–Trinajstić information content (AvgIpc) is 3.48. The summed E-state index contributed by atoms with van der Waals surface area (Å²) in [6.07, 6.45) is 2.04. The van der Waals surface area contributed by atoms with E-state index >= 15 is 0 Å². The summed E-state index contributed by atoms with van der Waals surface area (Å²) in [5, 5.41) is 15.2. The van der Waals surface area contributed by atoms with E-state index < -0.39 is 0 Å². The van der Waals surface area contributed by atoms with E-state index in [1.54, 1.807) is 12.1 Å². The number of benzene rings is 2. The standard InChI is InChI=1S/C22H22ClN3O3S/c23-16-2-1-3-17(10-16)25-22(28)26(19-6-7-19)11-15-4-8-20(9-5-15)29-13-21-24-18(12-27)14-30-21/h1-5,8-10,14,19,27H,6-7,11-13H2,(H,25,28). The Morgan fingerprint density at radius 2 is 2.07 bits per heavy atom. The summed E-state index contributed by atoms with van der Waals surface area (Å²) < 4.78 is 5.77. The minimum atomic E-state index is -0.122. The number of ether oxygens (including phenoxy) is 1. The molecule has 30 heavy (non-hydrogen) atoms. The Hall–Kier alpha value is -2.61. The molecule has 0 bridgehead atoms. The number of aliphatic hydroxyl groups excluding tert-OH is 1. The van der Waals surface area contributed by atoms with Gasteiger partial charge in [-0.3, -0.25) is 0 Å². The maximum absolute atomic E-state index is 12.8. The number of hydrogen-bond donors (Lipinski definition) is 2. The number of aromatic nitrogens is 1. The van der Waals surface area contributed by atoms with Crippen molar-refractivity contribution >= 4 is 34.7 Å². The van der Waals surface area contributed by atoms with Crippen LogP contribution in [-0.2, 0) is 19.8 Å². The van der Waals surface area contributed by atoms with Gasteiger partial charge >= 0.3 is 6.03 Å². The molecule has 2 aromatic carbocycles. The van der Waals surface area contributed by atoms with Crippen molar-refractivity contribution in [2.24, 2.45) is 0 Å². The zero-order valence-corrected chi connectivity index (χ0v) is 17.8. The number of nitrogens with zero attached hydrogens (tertiary/aromatic N) is 2. The number of rotatable bonds is 8. The van der Waals surface area contributed by atoms with Crippen molar-refractivity contribution in [3.8, 4) is 5.75 Å². The second-order valence-electron chi connectivity index (χ2n) is 7.12. The molecule has 0 saturated heterocycles. The molecule has 0 spiro atoms. The molecule has 8 heteroatoms. The van der Waals surface area contributed by atoms with Crippen LogP contribution >= 0.6 is 22.9 Å². The Kier molecular flexibility index (Phi) is 6.52. The first-order valence-electron chi connectivity index (χ1n) is 9.70. The van der Waals surface area contributed by atoms with Crippen LogP contribution < -0.4 is 10.1 Å². The SMILES string of the molecule is O=C(Nc1cccc(Cl)c1)N(Cc1ccc(OCc2nc(CO)cs2)cc1)C1CC1. The number of nitrogens with one attached hydrogen (secondary N) is 1. The van der Waals surface area contributed by atoms with Crippen LogP contribution in [0.5, 0.6) is 5.75 Å². The molecule has 6 nitrogen and oxygen atoms in total. The summed E-state index contributed by atoms with van der Waals surface area (Å²) in [6.45, 7) is 0.831. The molecule has 1 aliphatic rings. The fraction of sp³-hybridized carbons (Fsp3) is 0.273. The van der Waals surface area contributed by atoms with Crippen LogP contribution in [0.15, 0.2) is 53.9 Å². The van der Waals surface area contributed by atoms with Crippen LogP contribution in [0.4, 0.5) is 10.5 Å². The van der Waals surface area contributed by atoms with Crippen molar-refractivity contribution in [2.75, 3.05) is 5.32 Å². The number of thiazole rings is 1. The molecule has 0 atom stereocenters. The van der Waals surface area contributed by atoms with Gasteiger partial charge in [0.05, 0.1) is 12.3 Å². The molecule has 156 valence electrons. The minimum absolute atomic E-state index is 0.0619. The van der Waals surface area contributed by atoms with Crippen molar-refractivity contribution < 1.29 is 14.6 Å². The van der Waals surface area contributed by atoms with Crippen LogP contribution in [0.3, 0.4) is 0 Å². The Bertz CT molecular complexity index is 1000. The summed E-state index contributed by atoms with van der Waals surface area (Å²) in [6, 6.07) is 15.0. The molecule has 1 heterocycles. The third kappa shape index (κ3) is 5.50. The largest absolute Gasteiger partial charge is 0.486 e.